The zero-order valence-corrected chi connectivity index (χ0v) is 9.65. The molecule has 0 radical (unpaired) electrons. The minimum atomic E-state index is 0.642. The van der Waals surface area contributed by atoms with Gasteiger partial charge in [-0.3, -0.25) is 4.79 Å². The molecule has 4 nitrogen and oxygen atoms in total. The summed E-state index contributed by atoms with van der Waals surface area (Å²) in [5.41, 5.74) is 3.63. The summed E-state index contributed by atoms with van der Waals surface area (Å²) in [6.45, 7) is 6.42. The van der Waals surface area contributed by atoms with Crippen molar-refractivity contribution >= 4 is 6.29 Å². The molecule has 2 aromatic heterocycles. The molecule has 0 spiro atoms. The van der Waals surface area contributed by atoms with Crippen LogP contribution in [0.3, 0.4) is 0 Å². The zero-order valence-electron chi connectivity index (χ0n) is 9.65. The van der Waals surface area contributed by atoms with Crippen LogP contribution < -0.4 is 0 Å². The quantitative estimate of drug-likeness (QED) is 0.742. The van der Waals surface area contributed by atoms with E-state index in [1.807, 2.05) is 32.9 Å². The summed E-state index contributed by atoms with van der Waals surface area (Å²) in [5.74, 6) is 0.799. The average molecular weight is 218 g/mol. The van der Waals surface area contributed by atoms with E-state index in [0.29, 0.717) is 6.54 Å². The molecule has 16 heavy (non-hydrogen) atoms. The molecule has 0 unspecified atom stereocenters. The Balaban J connectivity index is 2.34. The second-order valence-corrected chi connectivity index (χ2v) is 3.96. The lowest BCUT2D eigenvalue weighted by atomic mass is 10.3. The number of aromatic nitrogens is 2. The molecule has 0 aliphatic heterocycles. The number of rotatable bonds is 3. The molecule has 84 valence electrons. The van der Waals surface area contributed by atoms with Gasteiger partial charge in [-0.25, -0.2) is 0 Å². The lowest BCUT2D eigenvalue weighted by Crippen LogP contribution is -2.04. The maximum Gasteiger partial charge on any atom is 0.151 e. The van der Waals surface area contributed by atoms with Crippen LogP contribution in [0.25, 0.3) is 0 Å². The third-order valence-electron chi connectivity index (χ3n) is 2.74. The zero-order chi connectivity index (χ0) is 11.7. The minimum absolute atomic E-state index is 0.642. The number of carbonyl (C=O) groups excluding carboxylic acids is 1. The van der Waals surface area contributed by atoms with Gasteiger partial charge in [-0.2, -0.15) is 0 Å². The minimum Gasteiger partial charge on any atom is -0.361 e. The SMILES string of the molecule is Cc1cc(Cn2c(C)cc(C=O)c2C)no1. The molecule has 0 aromatic carbocycles. The first-order chi connectivity index (χ1) is 7.61. The van der Waals surface area contributed by atoms with Crippen molar-refractivity contribution in [2.24, 2.45) is 0 Å². The van der Waals surface area contributed by atoms with Crippen molar-refractivity contribution in [1.29, 1.82) is 0 Å². The molecule has 0 aliphatic carbocycles. The normalized spacial score (nSPS) is 10.7. The van der Waals surface area contributed by atoms with Crippen molar-refractivity contribution < 1.29 is 9.32 Å². The standard InChI is InChI=1S/C12H14N2O2/c1-8-4-11(7-15)10(3)14(8)6-12-5-9(2)16-13-12/h4-5,7H,6H2,1-3H3. The van der Waals surface area contributed by atoms with Crippen molar-refractivity contribution in [3.63, 3.8) is 0 Å². The van der Waals surface area contributed by atoms with Crippen LogP contribution in [0.4, 0.5) is 0 Å². The van der Waals surface area contributed by atoms with Gasteiger partial charge in [0.05, 0.1) is 6.54 Å². The molecule has 0 N–H and O–H groups in total. The van der Waals surface area contributed by atoms with Crippen molar-refractivity contribution in [2.45, 2.75) is 27.3 Å². The second-order valence-electron chi connectivity index (χ2n) is 3.96. The van der Waals surface area contributed by atoms with Crippen molar-refractivity contribution in [2.75, 3.05) is 0 Å². The largest absolute Gasteiger partial charge is 0.361 e. The van der Waals surface area contributed by atoms with Gasteiger partial charge in [0.2, 0.25) is 0 Å². The number of carbonyl (C=O) groups is 1. The van der Waals surface area contributed by atoms with Crippen LogP contribution >= 0.6 is 0 Å². The van der Waals surface area contributed by atoms with E-state index in [0.717, 1.165) is 34.7 Å². The number of hydrogen-bond donors (Lipinski definition) is 0. The molecule has 2 aromatic rings. The third kappa shape index (κ3) is 1.78. The fourth-order valence-corrected chi connectivity index (χ4v) is 1.84. The van der Waals surface area contributed by atoms with E-state index in [1.165, 1.54) is 0 Å². The summed E-state index contributed by atoms with van der Waals surface area (Å²) in [5, 5.41) is 3.94. The lowest BCUT2D eigenvalue weighted by molar-refractivity contribution is 0.112. The molecule has 0 atom stereocenters. The molecule has 0 saturated carbocycles. The third-order valence-corrected chi connectivity index (χ3v) is 2.74. The first-order valence-electron chi connectivity index (χ1n) is 5.16. The van der Waals surface area contributed by atoms with Gasteiger partial charge in [0, 0.05) is 23.0 Å². The van der Waals surface area contributed by atoms with E-state index in [9.17, 15) is 4.79 Å². The molecule has 0 fully saturated rings. The van der Waals surface area contributed by atoms with Gasteiger partial charge < -0.3 is 9.09 Å². The predicted molar refractivity (Wildman–Crippen MR) is 59.6 cm³/mol. The van der Waals surface area contributed by atoms with E-state index in [2.05, 4.69) is 9.72 Å². The van der Waals surface area contributed by atoms with Crippen LogP contribution in [0.1, 0.15) is 33.2 Å². The Hall–Kier alpha value is -1.84. The van der Waals surface area contributed by atoms with Crippen LogP contribution in [0.15, 0.2) is 16.7 Å². The van der Waals surface area contributed by atoms with E-state index in [-0.39, 0.29) is 0 Å². The molecule has 0 aliphatic rings. The van der Waals surface area contributed by atoms with Gasteiger partial charge in [-0.1, -0.05) is 5.16 Å². The molecule has 0 saturated heterocycles. The number of hydrogen-bond acceptors (Lipinski definition) is 3. The fraction of sp³-hybridized carbons (Fsp3) is 0.333. The predicted octanol–water partition coefficient (Wildman–Crippen LogP) is 2.26. The van der Waals surface area contributed by atoms with Crippen LogP contribution in [0.5, 0.6) is 0 Å². The maximum atomic E-state index is 10.8. The average Bonchev–Trinajstić information content (AvgIpc) is 2.77. The van der Waals surface area contributed by atoms with Crippen LogP contribution in [0, 0.1) is 20.8 Å². The Morgan fingerprint density at radius 1 is 1.38 bits per heavy atom. The van der Waals surface area contributed by atoms with E-state index < -0.39 is 0 Å². The number of nitrogens with zero attached hydrogens (tertiary/aromatic N) is 2. The monoisotopic (exact) mass is 218 g/mol. The van der Waals surface area contributed by atoms with Crippen molar-refractivity contribution in [3.05, 3.63) is 40.5 Å². The molecule has 2 rings (SSSR count). The molecule has 0 amide bonds. The van der Waals surface area contributed by atoms with Gasteiger partial charge in [0.25, 0.3) is 0 Å². The molecular weight excluding hydrogens is 204 g/mol. The van der Waals surface area contributed by atoms with Crippen LogP contribution in [-0.4, -0.2) is 16.0 Å². The smallest absolute Gasteiger partial charge is 0.151 e. The topological polar surface area (TPSA) is 48.0 Å². The highest BCUT2D eigenvalue weighted by Crippen LogP contribution is 2.15. The van der Waals surface area contributed by atoms with Gasteiger partial charge in [0.15, 0.2) is 6.29 Å². The Morgan fingerprint density at radius 2 is 2.12 bits per heavy atom. The fourth-order valence-electron chi connectivity index (χ4n) is 1.84. The Kier molecular flexibility index (Phi) is 2.64. The highest BCUT2D eigenvalue weighted by atomic mass is 16.5. The highest BCUT2D eigenvalue weighted by Gasteiger charge is 2.10. The van der Waals surface area contributed by atoms with Crippen molar-refractivity contribution in [1.82, 2.24) is 9.72 Å². The van der Waals surface area contributed by atoms with Gasteiger partial charge in [-0.05, 0) is 26.8 Å². The summed E-state index contributed by atoms with van der Waals surface area (Å²) in [6, 6.07) is 3.79. The van der Waals surface area contributed by atoms with Gasteiger partial charge in [-0.15, -0.1) is 0 Å². The summed E-state index contributed by atoms with van der Waals surface area (Å²) >= 11 is 0. The highest BCUT2D eigenvalue weighted by molar-refractivity contribution is 5.77. The lowest BCUT2D eigenvalue weighted by Gasteiger charge is -2.06. The van der Waals surface area contributed by atoms with Crippen LogP contribution in [-0.2, 0) is 6.54 Å². The first kappa shape index (κ1) is 10.7. The van der Waals surface area contributed by atoms with Gasteiger partial charge in [0.1, 0.15) is 11.5 Å². The Labute approximate surface area is 93.9 Å². The molecule has 4 heteroatoms. The van der Waals surface area contributed by atoms with Crippen molar-refractivity contribution in [3.8, 4) is 0 Å². The van der Waals surface area contributed by atoms with Gasteiger partial charge >= 0.3 is 0 Å². The van der Waals surface area contributed by atoms with E-state index >= 15 is 0 Å². The summed E-state index contributed by atoms with van der Waals surface area (Å²) in [4.78, 5) is 10.8. The van der Waals surface area contributed by atoms with Crippen LogP contribution in [0.2, 0.25) is 0 Å². The van der Waals surface area contributed by atoms with E-state index in [1.54, 1.807) is 0 Å². The second kappa shape index (κ2) is 3.96. The maximum absolute atomic E-state index is 10.8. The first-order valence-corrected chi connectivity index (χ1v) is 5.16. The molecular formula is C12H14N2O2. The molecule has 0 bridgehead atoms. The Bertz CT molecular complexity index is 523. The summed E-state index contributed by atoms with van der Waals surface area (Å²) < 4.78 is 7.07. The summed E-state index contributed by atoms with van der Waals surface area (Å²) in [7, 11) is 0. The summed E-state index contributed by atoms with van der Waals surface area (Å²) in [6.07, 6.45) is 0.882. The number of aldehydes is 1. The van der Waals surface area contributed by atoms with E-state index in [4.69, 9.17) is 4.52 Å². The molecule has 2 heterocycles. The Morgan fingerprint density at radius 3 is 2.62 bits per heavy atom. The number of aryl methyl sites for hydroxylation is 2.